The van der Waals surface area contributed by atoms with Crippen molar-refractivity contribution in [2.45, 2.75) is 10.9 Å². The quantitative estimate of drug-likeness (QED) is 0.612. The van der Waals surface area contributed by atoms with Gasteiger partial charge in [-0.2, -0.15) is 0 Å². The summed E-state index contributed by atoms with van der Waals surface area (Å²) >= 11 is 0. The molecule has 3 aromatic rings. The normalized spacial score (nSPS) is 12.9. The molecule has 0 amide bonds. The van der Waals surface area contributed by atoms with Gasteiger partial charge in [-0.1, -0.05) is 42.5 Å². The molecule has 6 nitrogen and oxygen atoms in total. The molecule has 154 valence electrons. The molecule has 0 saturated carbocycles. The van der Waals surface area contributed by atoms with Gasteiger partial charge in [-0.05, 0) is 42.6 Å². The van der Waals surface area contributed by atoms with Gasteiger partial charge in [-0.3, -0.25) is 0 Å². The molecule has 0 aliphatic rings. The van der Waals surface area contributed by atoms with E-state index in [1.807, 2.05) is 43.3 Å². The maximum atomic E-state index is 12.9. The number of sulfonamides is 1. The highest BCUT2D eigenvalue weighted by Gasteiger charge is 2.22. The van der Waals surface area contributed by atoms with E-state index in [1.54, 1.807) is 6.07 Å². The van der Waals surface area contributed by atoms with Gasteiger partial charge >= 0.3 is 0 Å². The van der Waals surface area contributed by atoms with E-state index in [-0.39, 0.29) is 17.5 Å². The fourth-order valence-corrected chi connectivity index (χ4v) is 4.42. The Balaban J connectivity index is 1.89. The van der Waals surface area contributed by atoms with Crippen LogP contribution in [0.15, 0.2) is 65.6 Å². The average Bonchev–Trinajstić information content (AvgIpc) is 2.73. The van der Waals surface area contributed by atoms with Gasteiger partial charge < -0.3 is 14.4 Å². The predicted octanol–water partition coefficient (Wildman–Crippen LogP) is 3.44. The Bertz CT molecular complexity index is 1090. The second-order valence-electron chi connectivity index (χ2n) is 6.92. The van der Waals surface area contributed by atoms with E-state index < -0.39 is 10.0 Å². The number of hydrogen-bond donors (Lipinski definition) is 1. The highest BCUT2D eigenvalue weighted by Crippen LogP contribution is 2.30. The number of fused-ring (bicyclic) bond motifs is 1. The number of nitrogens with one attached hydrogen (secondary N) is 1. The van der Waals surface area contributed by atoms with Gasteiger partial charge in [-0.15, -0.1) is 0 Å². The van der Waals surface area contributed by atoms with Gasteiger partial charge in [0.05, 0.1) is 19.1 Å². The van der Waals surface area contributed by atoms with Gasteiger partial charge in [0.25, 0.3) is 0 Å². The number of ether oxygens (including phenoxy) is 2. The highest BCUT2D eigenvalue weighted by atomic mass is 32.2. The van der Waals surface area contributed by atoms with E-state index in [9.17, 15) is 8.42 Å². The number of likely N-dealkylation sites (N-methyl/N-ethyl adjacent to an activating group) is 1. The number of benzene rings is 3. The highest BCUT2D eigenvalue weighted by molar-refractivity contribution is 7.89. The van der Waals surface area contributed by atoms with Crippen LogP contribution in [0.25, 0.3) is 10.8 Å². The van der Waals surface area contributed by atoms with E-state index in [0.29, 0.717) is 11.5 Å². The second-order valence-corrected chi connectivity index (χ2v) is 8.68. The Labute approximate surface area is 172 Å². The Morgan fingerprint density at radius 2 is 1.62 bits per heavy atom. The SMILES string of the molecule is COc1ccc(S(=O)(=O)NC[C@@H](c2cccc3ccccc23)N(C)C)cc1OC. The zero-order valence-corrected chi connectivity index (χ0v) is 17.9. The average molecular weight is 415 g/mol. The molecule has 3 rings (SSSR count). The lowest BCUT2D eigenvalue weighted by atomic mass is 9.98. The van der Waals surface area contributed by atoms with Gasteiger partial charge in [0.15, 0.2) is 11.5 Å². The summed E-state index contributed by atoms with van der Waals surface area (Å²) < 4.78 is 38.9. The van der Waals surface area contributed by atoms with Crippen molar-refractivity contribution in [3.05, 3.63) is 66.2 Å². The molecule has 7 heteroatoms. The molecule has 0 fully saturated rings. The largest absolute Gasteiger partial charge is 0.493 e. The summed E-state index contributed by atoms with van der Waals surface area (Å²) in [6, 6.07) is 18.6. The van der Waals surface area contributed by atoms with Crippen LogP contribution in [0.2, 0.25) is 0 Å². The van der Waals surface area contributed by atoms with E-state index in [4.69, 9.17) is 9.47 Å². The molecule has 0 aliphatic heterocycles. The molecular weight excluding hydrogens is 388 g/mol. The summed E-state index contributed by atoms with van der Waals surface area (Å²) in [5.74, 6) is 0.849. The van der Waals surface area contributed by atoms with Crippen LogP contribution in [0, 0.1) is 0 Å². The molecule has 3 aromatic carbocycles. The van der Waals surface area contributed by atoms with Crippen molar-refractivity contribution in [3.63, 3.8) is 0 Å². The van der Waals surface area contributed by atoms with Crippen molar-refractivity contribution >= 4 is 20.8 Å². The van der Waals surface area contributed by atoms with Gasteiger partial charge in [0.2, 0.25) is 10.0 Å². The number of nitrogens with zero attached hydrogens (tertiary/aromatic N) is 1. The molecule has 1 N–H and O–H groups in total. The van der Waals surface area contributed by atoms with Crippen LogP contribution in [0.4, 0.5) is 0 Å². The summed E-state index contributed by atoms with van der Waals surface area (Å²) in [6.45, 7) is 0.234. The molecule has 1 atom stereocenters. The topological polar surface area (TPSA) is 67.9 Å². The zero-order chi connectivity index (χ0) is 21.0. The van der Waals surface area contributed by atoms with Crippen molar-refractivity contribution in [1.29, 1.82) is 0 Å². The maximum absolute atomic E-state index is 12.9. The van der Waals surface area contributed by atoms with Crippen molar-refractivity contribution in [3.8, 4) is 11.5 Å². The van der Waals surface area contributed by atoms with E-state index >= 15 is 0 Å². The summed E-state index contributed by atoms with van der Waals surface area (Å²) in [5.41, 5.74) is 1.07. The molecule has 0 aliphatic carbocycles. The molecule has 0 radical (unpaired) electrons. The Hall–Kier alpha value is -2.61. The van der Waals surface area contributed by atoms with Crippen LogP contribution < -0.4 is 14.2 Å². The number of hydrogen-bond acceptors (Lipinski definition) is 5. The third-order valence-corrected chi connectivity index (χ3v) is 6.36. The minimum Gasteiger partial charge on any atom is -0.493 e. The minimum atomic E-state index is -3.72. The zero-order valence-electron chi connectivity index (χ0n) is 17.0. The lowest BCUT2D eigenvalue weighted by Crippen LogP contribution is -2.34. The predicted molar refractivity (Wildman–Crippen MR) is 115 cm³/mol. The lowest BCUT2D eigenvalue weighted by Gasteiger charge is -2.26. The Morgan fingerprint density at radius 3 is 2.31 bits per heavy atom. The lowest BCUT2D eigenvalue weighted by molar-refractivity contribution is 0.301. The van der Waals surface area contributed by atoms with Crippen LogP contribution in [0.1, 0.15) is 11.6 Å². The fourth-order valence-electron chi connectivity index (χ4n) is 3.37. The summed E-state index contributed by atoms with van der Waals surface area (Å²) in [4.78, 5) is 2.14. The van der Waals surface area contributed by atoms with Crippen LogP contribution in [0.5, 0.6) is 11.5 Å². The van der Waals surface area contributed by atoms with Crippen LogP contribution in [-0.2, 0) is 10.0 Å². The minimum absolute atomic E-state index is 0.129. The third kappa shape index (κ3) is 4.53. The molecule has 0 bridgehead atoms. The molecule has 0 saturated heterocycles. The molecule has 0 heterocycles. The maximum Gasteiger partial charge on any atom is 0.240 e. The summed E-state index contributed by atoms with van der Waals surface area (Å²) in [5, 5.41) is 2.23. The van der Waals surface area contributed by atoms with Crippen LogP contribution >= 0.6 is 0 Å². The van der Waals surface area contributed by atoms with Crippen LogP contribution in [0.3, 0.4) is 0 Å². The van der Waals surface area contributed by atoms with Gasteiger partial charge in [0.1, 0.15) is 0 Å². The monoisotopic (exact) mass is 414 g/mol. The fraction of sp³-hybridized carbons (Fsp3) is 0.273. The second kappa shape index (κ2) is 8.82. The molecule has 0 aromatic heterocycles. The number of methoxy groups -OCH3 is 2. The van der Waals surface area contributed by atoms with Crippen molar-refractivity contribution in [2.24, 2.45) is 0 Å². The van der Waals surface area contributed by atoms with Gasteiger partial charge in [-0.25, -0.2) is 13.1 Å². The summed E-state index contributed by atoms with van der Waals surface area (Å²) in [6.07, 6.45) is 0. The van der Waals surface area contributed by atoms with Crippen molar-refractivity contribution in [1.82, 2.24) is 9.62 Å². The Morgan fingerprint density at radius 1 is 0.931 bits per heavy atom. The first-order valence-electron chi connectivity index (χ1n) is 9.23. The van der Waals surface area contributed by atoms with Crippen molar-refractivity contribution in [2.75, 3.05) is 34.9 Å². The van der Waals surface area contributed by atoms with Crippen molar-refractivity contribution < 1.29 is 17.9 Å². The van der Waals surface area contributed by atoms with Crippen LogP contribution in [-0.4, -0.2) is 48.2 Å². The molecular formula is C22H26N2O4S. The molecule has 29 heavy (non-hydrogen) atoms. The third-order valence-electron chi connectivity index (χ3n) is 4.94. The van der Waals surface area contributed by atoms with E-state index in [1.165, 1.54) is 26.4 Å². The Kier molecular flexibility index (Phi) is 6.42. The first-order chi connectivity index (χ1) is 13.9. The van der Waals surface area contributed by atoms with Gasteiger partial charge in [0, 0.05) is 18.7 Å². The van der Waals surface area contributed by atoms with E-state index in [0.717, 1.165) is 16.3 Å². The first-order valence-corrected chi connectivity index (χ1v) is 10.7. The number of rotatable bonds is 8. The molecule has 0 unspecified atom stereocenters. The van der Waals surface area contributed by atoms with E-state index in [2.05, 4.69) is 22.9 Å². The standard InChI is InChI=1S/C22H26N2O4S/c1-24(2)20(19-11-7-9-16-8-5-6-10-18(16)19)15-23-29(25,26)17-12-13-21(27-3)22(14-17)28-4/h5-14,20,23H,15H2,1-4H3/t20-/m0/s1. The molecule has 0 spiro atoms. The first kappa shape index (κ1) is 21.1. The smallest absolute Gasteiger partial charge is 0.240 e. The summed E-state index contributed by atoms with van der Waals surface area (Å²) in [7, 11) is 3.15.